The summed E-state index contributed by atoms with van der Waals surface area (Å²) in [6, 6.07) is 15.0. The maximum absolute atomic E-state index is 12.8. The Morgan fingerprint density at radius 1 is 1.18 bits per heavy atom. The van der Waals surface area contributed by atoms with E-state index in [1.54, 1.807) is 24.4 Å². The zero-order chi connectivity index (χ0) is 27.5. The number of hydrogen-bond donors (Lipinski definition) is 1. The number of nitriles is 1. The lowest BCUT2D eigenvalue weighted by Gasteiger charge is -2.33. The summed E-state index contributed by atoms with van der Waals surface area (Å²) < 4.78 is 6.09. The number of fused-ring (bicyclic) bond motifs is 1. The average Bonchev–Trinajstić information content (AvgIpc) is 3.40. The summed E-state index contributed by atoms with van der Waals surface area (Å²) in [7, 11) is 0. The topological polar surface area (TPSA) is 108 Å². The van der Waals surface area contributed by atoms with E-state index in [0.717, 1.165) is 48.4 Å². The molecule has 3 heterocycles. The molecule has 8 heteroatoms. The van der Waals surface area contributed by atoms with Crippen molar-refractivity contribution < 1.29 is 9.21 Å². The number of carbonyl (C=O) groups excluding carboxylic acids is 1. The van der Waals surface area contributed by atoms with Gasteiger partial charge in [-0.3, -0.25) is 4.79 Å². The molecule has 0 unspecified atom stereocenters. The fraction of sp³-hybridized carbons (Fsp3) is 0.323. The molecule has 1 fully saturated rings. The minimum absolute atomic E-state index is 0.0933. The number of allylic oxidation sites excluding steroid dienone is 1. The highest BCUT2D eigenvalue weighted by Crippen LogP contribution is 2.31. The normalized spacial score (nSPS) is 14.0. The molecule has 5 rings (SSSR count). The number of oxazole rings is 1. The summed E-state index contributed by atoms with van der Waals surface area (Å²) in [5.74, 6) is 2.60. The predicted molar refractivity (Wildman–Crippen MR) is 152 cm³/mol. The predicted octanol–water partition coefficient (Wildman–Crippen LogP) is 5.96. The number of amides is 1. The van der Waals surface area contributed by atoms with Gasteiger partial charge in [0.05, 0.1) is 11.6 Å². The summed E-state index contributed by atoms with van der Waals surface area (Å²) in [6.45, 7) is 12.4. The van der Waals surface area contributed by atoms with Gasteiger partial charge in [0.2, 0.25) is 5.89 Å². The van der Waals surface area contributed by atoms with Gasteiger partial charge in [-0.15, -0.1) is 0 Å². The van der Waals surface area contributed by atoms with Gasteiger partial charge in [0, 0.05) is 42.5 Å². The highest BCUT2D eigenvalue weighted by molar-refractivity contribution is 5.94. The van der Waals surface area contributed by atoms with Crippen LogP contribution in [0, 0.1) is 17.2 Å². The second-order valence-corrected chi connectivity index (χ2v) is 10.4. The number of hydrogen-bond acceptors (Lipinski definition) is 7. The summed E-state index contributed by atoms with van der Waals surface area (Å²) in [6.07, 6.45) is 3.74. The number of nitrogens with zero attached hydrogens (tertiary/aromatic N) is 5. The van der Waals surface area contributed by atoms with Crippen molar-refractivity contribution in [3.8, 4) is 17.5 Å². The van der Waals surface area contributed by atoms with Gasteiger partial charge in [-0.1, -0.05) is 20.4 Å². The molecule has 4 aromatic rings. The molecule has 0 radical (unpaired) electrons. The van der Waals surface area contributed by atoms with Crippen LogP contribution in [-0.4, -0.2) is 40.5 Å². The molecule has 1 saturated heterocycles. The van der Waals surface area contributed by atoms with Crippen molar-refractivity contribution >= 4 is 28.4 Å². The van der Waals surface area contributed by atoms with E-state index in [1.807, 2.05) is 31.2 Å². The number of anilines is 1. The molecule has 8 nitrogen and oxygen atoms in total. The van der Waals surface area contributed by atoms with Gasteiger partial charge in [0.1, 0.15) is 11.3 Å². The van der Waals surface area contributed by atoms with Crippen molar-refractivity contribution in [1.82, 2.24) is 20.3 Å². The first-order valence-electron chi connectivity index (χ1n) is 13.3. The standard InChI is InChI=1S/C31H32N6O2/c1-19(2)25-15-22(17-32)16-26-28(25)39-31(35-26)24-7-5-23(6-8-24)30(38)34-18-21-10-13-37(14-11-21)27-9-12-33-29(36-27)20(3)4/h5-9,12,15-16,19,21H,3,10-11,13-14,18H2,1-2,4H3,(H,34,38). The molecule has 0 saturated carbocycles. The Morgan fingerprint density at radius 2 is 1.92 bits per heavy atom. The van der Waals surface area contributed by atoms with Crippen molar-refractivity contribution in [1.29, 1.82) is 5.26 Å². The monoisotopic (exact) mass is 520 g/mol. The van der Waals surface area contributed by atoms with Crippen molar-refractivity contribution in [2.45, 2.75) is 39.5 Å². The fourth-order valence-corrected chi connectivity index (χ4v) is 4.88. The lowest BCUT2D eigenvalue weighted by atomic mass is 9.96. The molecule has 0 atom stereocenters. The first kappa shape index (κ1) is 26.1. The molecule has 1 aliphatic heterocycles. The maximum Gasteiger partial charge on any atom is 0.251 e. The van der Waals surface area contributed by atoms with Crippen LogP contribution in [0.2, 0.25) is 0 Å². The minimum Gasteiger partial charge on any atom is -0.436 e. The van der Waals surface area contributed by atoms with E-state index in [2.05, 4.69) is 51.7 Å². The third-order valence-electron chi connectivity index (χ3n) is 7.18. The first-order chi connectivity index (χ1) is 18.8. The van der Waals surface area contributed by atoms with E-state index in [9.17, 15) is 10.1 Å². The fourth-order valence-electron chi connectivity index (χ4n) is 4.88. The number of piperidine rings is 1. The molecule has 1 N–H and O–H groups in total. The van der Waals surface area contributed by atoms with Crippen LogP contribution in [0.25, 0.3) is 28.1 Å². The van der Waals surface area contributed by atoms with Gasteiger partial charge in [0.25, 0.3) is 5.91 Å². The van der Waals surface area contributed by atoms with Gasteiger partial charge in [-0.25, -0.2) is 15.0 Å². The largest absolute Gasteiger partial charge is 0.436 e. The first-order valence-corrected chi connectivity index (χ1v) is 13.3. The van der Waals surface area contributed by atoms with E-state index >= 15 is 0 Å². The third-order valence-corrected chi connectivity index (χ3v) is 7.18. The maximum atomic E-state index is 12.8. The molecule has 1 aliphatic rings. The Kier molecular flexibility index (Phi) is 7.42. The molecular weight excluding hydrogens is 488 g/mol. The van der Waals surface area contributed by atoms with Gasteiger partial charge >= 0.3 is 0 Å². The number of aromatic nitrogens is 3. The van der Waals surface area contributed by atoms with Crippen LogP contribution in [0.1, 0.15) is 66.8 Å². The summed E-state index contributed by atoms with van der Waals surface area (Å²) in [5, 5.41) is 12.5. The van der Waals surface area contributed by atoms with Gasteiger partial charge in [0.15, 0.2) is 11.4 Å². The SMILES string of the molecule is C=C(C)c1nccc(N2CCC(CNC(=O)c3ccc(-c4nc5cc(C#N)cc(C(C)C)c5o4)cc3)CC2)n1. The molecule has 1 amide bonds. The lowest BCUT2D eigenvalue weighted by molar-refractivity contribution is 0.0945. The Hall–Kier alpha value is -4.51. The highest BCUT2D eigenvalue weighted by Gasteiger charge is 2.22. The van der Waals surface area contributed by atoms with Crippen LogP contribution < -0.4 is 10.2 Å². The Morgan fingerprint density at radius 3 is 2.59 bits per heavy atom. The quantitative estimate of drug-likeness (QED) is 0.320. The van der Waals surface area contributed by atoms with Crippen molar-refractivity contribution in [3.63, 3.8) is 0 Å². The second-order valence-electron chi connectivity index (χ2n) is 10.4. The van der Waals surface area contributed by atoms with Crippen LogP contribution in [0.15, 0.2) is 59.7 Å². The van der Waals surface area contributed by atoms with Crippen LogP contribution >= 0.6 is 0 Å². The Bertz CT molecular complexity index is 1560. The van der Waals surface area contributed by atoms with Crippen LogP contribution in [-0.2, 0) is 0 Å². The highest BCUT2D eigenvalue weighted by atomic mass is 16.3. The number of benzene rings is 2. The van der Waals surface area contributed by atoms with Crippen LogP contribution in [0.5, 0.6) is 0 Å². The van der Waals surface area contributed by atoms with Crippen LogP contribution in [0.3, 0.4) is 0 Å². The van der Waals surface area contributed by atoms with E-state index in [4.69, 9.17) is 4.42 Å². The molecule has 0 spiro atoms. The van der Waals surface area contributed by atoms with Gasteiger partial charge in [-0.05, 0) is 79.6 Å². The summed E-state index contributed by atoms with van der Waals surface area (Å²) in [4.78, 5) is 28.6. The van der Waals surface area contributed by atoms with E-state index in [1.165, 1.54) is 0 Å². The number of nitrogens with one attached hydrogen (secondary N) is 1. The third kappa shape index (κ3) is 5.68. The van der Waals surface area contributed by atoms with E-state index in [0.29, 0.717) is 46.4 Å². The van der Waals surface area contributed by atoms with Crippen molar-refractivity contribution in [3.05, 3.63) is 77.8 Å². The van der Waals surface area contributed by atoms with Gasteiger partial charge in [-0.2, -0.15) is 5.26 Å². The molecule has 0 bridgehead atoms. The van der Waals surface area contributed by atoms with Crippen molar-refractivity contribution in [2.24, 2.45) is 5.92 Å². The van der Waals surface area contributed by atoms with E-state index < -0.39 is 0 Å². The summed E-state index contributed by atoms with van der Waals surface area (Å²) >= 11 is 0. The zero-order valence-electron chi connectivity index (χ0n) is 22.6. The van der Waals surface area contributed by atoms with Crippen LogP contribution in [0.4, 0.5) is 5.82 Å². The number of rotatable bonds is 7. The molecule has 39 heavy (non-hydrogen) atoms. The van der Waals surface area contributed by atoms with Gasteiger partial charge < -0.3 is 14.6 Å². The number of carbonyl (C=O) groups is 1. The zero-order valence-corrected chi connectivity index (χ0v) is 22.6. The molecular formula is C31H32N6O2. The Labute approximate surface area is 228 Å². The Balaban J connectivity index is 1.18. The van der Waals surface area contributed by atoms with Crippen molar-refractivity contribution in [2.75, 3.05) is 24.5 Å². The average molecular weight is 521 g/mol. The minimum atomic E-state index is -0.0933. The second kappa shape index (κ2) is 11.1. The molecule has 0 aliphatic carbocycles. The summed E-state index contributed by atoms with van der Waals surface area (Å²) in [5.41, 5.74) is 5.11. The van der Waals surface area contributed by atoms with E-state index in [-0.39, 0.29) is 11.8 Å². The molecule has 198 valence electrons. The smallest absolute Gasteiger partial charge is 0.251 e. The lowest BCUT2D eigenvalue weighted by Crippen LogP contribution is -2.39. The molecule has 2 aromatic carbocycles. The molecule has 2 aromatic heterocycles.